The van der Waals surface area contributed by atoms with Gasteiger partial charge < -0.3 is 15.1 Å². The lowest BCUT2D eigenvalue weighted by Gasteiger charge is -2.25. The molecule has 2 aromatic carbocycles. The number of nitrogens with one attached hydrogen (secondary N) is 2. The monoisotopic (exact) mass is 374 g/mol. The van der Waals surface area contributed by atoms with Crippen molar-refractivity contribution in [1.29, 1.82) is 0 Å². The minimum atomic E-state index is -0.320. The van der Waals surface area contributed by atoms with Gasteiger partial charge in [0.15, 0.2) is 12.6 Å². The van der Waals surface area contributed by atoms with Crippen LogP contribution in [-0.2, 0) is 16.1 Å². The van der Waals surface area contributed by atoms with Crippen LogP contribution in [0.5, 0.6) is 0 Å². The second kappa shape index (κ2) is 9.36. The van der Waals surface area contributed by atoms with E-state index in [1.54, 1.807) is 36.2 Å². The van der Waals surface area contributed by atoms with E-state index in [0.29, 0.717) is 17.3 Å². The van der Waals surface area contributed by atoms with Crippen molar-refractivity contribution in [2.75, 3.05) is 26.0 Å². The molecule has 2 aromatic rings. The molecule has 0 bridgehead atoms. The third kappa shape index (κ3) is 5.86. The summed E-state index contributed by atoms with van der Waals surface area (Å²) in [6.07, 6.45) is 0. The van der Waals surface area contributed by atoms with Gasteiger partial charge in [-0.3, -0.25) is 9.59 Å². The first-order valence-electron chi connectivity index (χ1n) is 8.53. The zero-order valence-electron chi connectivity index (χ0n) is 15.3. The van der Waals surface area contributed by atoms with Crippen molar-refractivity contribution in [2.45, 2.75) is 19.5 Å². The second-order valence-electron chi connectivity index (χ2n) is 6.48. The first kappa shape index (κ1) is 19.9. The molecule has 2 N–H and O–H groups in total. The van der Waals surface area contributed by atoms with Gasteiger partial charge >= 0.3 is 0 Å². The second-order valence-corrected chi connectivity index (χ2v) is 6.92. The average Bonchev–Trinajstić information content (AvgIpc) is 2.63. The van der Waals surface area contributed by atoms with E-state index < -0.39 is 0 Å². The zero-order valence-corrected chi connectivity index (χ0v) is 16.1. The molecule has 0 saturated heterocycles. The number of likely N-dealkylation sites (N-methyl/N-ethyl adjacent to an activating group) is 2. The lowest BCUT2D eigenvalue weighted by Crippen LogP contribution is -3.15. The third-order valence-electron chi connectivity index (χ3n) is 4.32. The summed E-state index contributed by atoms with van der Waals surface area (Å²) in [7, 11) is 3.63. The van der Waals surface area contributed by atoms with E-state index in [4.69, 9.17) is 11.6 Å². The SMILES string of the molecule is C[C@H](C(=O)N(C)Cc1ccccc1)[NH+](C)CC(=O)Nc1ccc(Cl)cc1. The highest BCUT2D eigenvalue weighted by atomic mass is 35.5. The van der Waals surface area contributed by atoms with Gasteiger partial charge in [-0.25, -0.2) is 0 Å². The summed E-state index contributed by atoms with van der Waals surface area (Å²) in [5.74, 6) is -0.138. The van der Waals surface area contributed by atoms with Gasteiger partial charge in [-0.2, -0.15) is 0 Å². The summed E-state index contributed by atoms with van der Waals surface area (Å²) in [6, 6.07) is 16.5. The first-order valence-corrected chi connectivity index (χ1v) is 8.91. The summed E-state index contributed by atoms with van der Waals surface area (Å²) in [6.45, 7) is 2.59. The van der Waals surface area contributed by atoms with Gasteiger partial charge in [0.25, 0.3) is 11.8 Å². The number of anilines is 1. The lowest BCUT2D eigenvalue weighted by atomic mass is 10.2. The van der Waals surface area contributed by atoms with Crippen LogP contribution in [0.15, 0.2) is 54.6 Å². The number of amides is 2. The molecule has 0 saturated carbocycles. The van der Waals surface area contributed by atoms with Crippen molar-refractivity contribution in [2.24, 2.45) is 0 Å². The quantitative estimate of drug-likeness (QED) is 0.777. The molecule has 0 aromatic heterocycles. The smallest absolute Gasteiger partial charge is 0.280 e. The van der Waals surface area contributed by atoms with Gasteiger partial charge in [0, 0.05) is 24.3 Å². The van der Waals surface area contributed by atoms with E-state index in [9.17, 15) is 9.59 Å². The van der Waals surface area contributed by atoms with E-state index in [0.717, 1.165) is 10.5 Å². The predicted octanol–water partition coefficient (Wildman–Crippen LogP) is 1.84. The van der Waals surface area contributed by atoms with Crippen molar-refractivity contribution in [3.8, 4) is 0 Å². The normalized spacial score (nSPS) is 12.9. The number of rotatable bonds is 7. The van der Waals surface area contributed by atoms with Crippen molar-refractivity contribution in [3.63, 3.8) is 0 Å². The number of carbonyl (C=O) groups excluding carboxylic acids is 2. The fourth-order valence-corrected chi connectivity index (χ4v) is 2.75. The fraction of sp³-hybridized carbons (Fsp3) is 0.300. The summed E-state index contributed by atoms with van der Waals surface area (Å²) in [5.41, 5.74) is 1.76. The summed E-state index contributed by atoms with van der Waals surface area (Å²) in [4.78, 5) is 27.4. The highest BCUT2D eigenvalue weighted by Crippen LogP contribution is 2.12. The van der Waals surface area contributed by atoms with Gasteiger partial charge in [0.1, 0.15) is 0 Å². The summed E-state index contributed by atoms with van der Waals surface area (Å²) < 4.78 is 0. The maximum absolute atomic E-state index is 12.6. The van der Waals surface area contributed by atoms with Crippen LogP contribution >= 0.6 is 11.6 Å². The van der Waals surface area contributed by atoms with Crippen LogP contribution in [0.2, 0.25) is 5.02 Å². The van der Waals surface area contributed by atoms with Crippen LogP contribution < -0.4 is 10.2 Å². The molecule has 2 atom stereocenters. The van der Waals surface area contributed by atoms with Gasteiger partial charge in [-0.15, -0.1) is 0 Å². The Labute approximate surface area is 159 Å². The molecule has 0 radical (unpaired) electrons. The number of halogens is 1. The largest absolute Gasteiger partial charge is 0.336 e. The highest BCUT2D eigenvalue weighted by molar-refractivity contribution is 6.30. The van der Waals surface area contributed by atoms with E-state index in [2.05, 4.69) is 5.32 Å². The molecular weight excluding hydrogens is 350 g/mol. The zero-order chi connectivity index (χ0) is 19.1. The van der Waals surface area contributed by atoms with E-state index in [-0.39, 0.29) is 24.4 Å². The van der Waals surface area contributed by atoms with Crippen molar-refractivity contribution < 1.29 is 14.5 Å². The van der Waals surface area contributed by atoms with Gasteiger partial charge in [-0.05, 0) is 36.8 Å². The summed E-state index contributed by atoms with van der Waals surface area (Å²) >= 11 is 5.84. The Morgan fingerprint density at radius 2 is 1.73 bits per heavy atom. The Morgan fingerprint density at radius 1 is 1.12 bits per heavy atom. The molecule has 1 unspecified atom stereocenters. The molecule has 2 rings (SSSR count). The number of quaternary nitrogens is 1. The Balaban J connectivity index is 1.86. The standard InChI is InChI=1S/C20H24ClN3O2/c1-15(20(26)24(3)13-16-7-5-4-6-8-16)23(2)14-19(25)22-18-11-9-17(21)10-12-18/h4-12,15H,13-14H2,1-3H3,(H,22,25)/p+1/t15-/m1/s1. The van der Waals surface area contributed by atoms with Crippen LogP contribution in [0.4, 0.5) is 5.69 Å². The molecule has 0 spiro atoms. The van der Waals surface area contributed by atoms with Crippen LogP contribution in [0, 0.1) is 0 Å². The van der Waals surface area contributed by atoms with Crippen molar-refractivity contribution in [1.82, 2.24) is 4.90 Å². The number of nitrogens with zero attached hydrogens (tertiary/aromatic N) is 1. The molecule has 26 heavy (non-hydrogen) atoms. The topological polar surface area (TPSA) is 53.9 Å². The average molecular weight is 375 g/mol. The summed E-state index contributed by atoms with van der Waals surface area (Å²) in [5, 5.41) is 3.44. The maximum Gasteiger partial charge on any atom is 0.280 e. The van der Waals surface area contributed by atoms with Crippen molar-refractivity contribution in [3.05, 3.63) is 65.2 Å². The Morgan fingerprint density at radius 3 is 2.35 bits per heavy atom. The number of benzene rings is 2. The Bertz CT molecular complexity index is 734. The fourth-order valence-electron chi connectivity index (χ4n) is 2.62. The minimum absolute atomic E-state index is 0.00523. The third-order valence-corrected chi connectivity index (χ3v) is 4.57. The Hall–Kier alpha value is -2.37. The molecule has 138 valence electrons. The molecule has 0 heterocycles. The lowest BCUT2D eigenvalue weighted by molar-refractivity contribution is -0.886. The minimum Gasteiger partial charge on any atom is -0.336 e. The molecule has 0 aliphatic heterocycles. The van der Waals surface area contributed by atoms with Crippen LogP contribution in [0.3, 0.4) is 0 Å². The molecule has 0 aliphatic carbocycles. The van der Waals surface area contributed by atoms with E-state index in [1.165, 1.54) is 0 Å². The molecule has 2 amide bonds. The number of hydrogen-bond donors (Lipinski definition) is 2. The Kier molecular flexibility index (Phi) is 7.18. The molecule has 0 aliphatic rings. The first-order chi connectivity index (χ1) is 12.4. The highest BCUT2D eigenvalue weighted by Gasteiger charge is 2.26. The van der Waals surface area contributed by atoms with Crippen LogP contribution in [0.1, 0.15) is 12.5 Å². The maximum atomic E-state index is 12.6. The van der Waals surface area contributed by atoms with Crippen molar-refractivity contribution >= 4 is 29.1 Å². The molecule has 0 fully saturated rings. The van der Waals surface area contributed by atoms with Gasteiger partial charge in [-0.1, -0.05) is 41.9 Å². The van der Waals surface area contributed by atoms with Crippen LogP contribution in [-0.4, -0.2) is 43.4 Å². The van der Waals surface area contributed by atoms with Gasteiger partial charge in [0.05, 0.1) is 7.05 Å². The number of carbonyl (C=O) groups is 2. The van der Waals surface area contributed by atoms with E-state index in [1.807, 2.05) is 44.3 Å². The molecule has 6 heteroatoms. The van der Waals surface area contributed by atoms with E-state index >= 15 is 0 Å². The molecule has 5 nitrogen and oxygen atoms in total. The van der Waals surface area contributed by atoms with Gasteiger partial charge in [0.2, 0.25) is 0 Å². The number of hydrogen-bond acceptors (Lipinski definition) is 2. The predicted molar refractivity (Wildman–Crippen MR) is 104 cm³/mol. The molecular formula is C20H25ClN3O2+. The van der Waals surface area contributed by atoms with Crippen LogP contribution in [0.25, 0.3) is 0 Å².